The fourth-order valence-electron chi connectivity index (χ4n) is 3.23. The van der Waals surface area contributed by atoms with E-state index in [-0.39, 0.29) is 18.1 Å². The molecule has 0 fully saturated rings. The number of fused-ring (bicyclic) bond motifs is 1. The Labute approximate surface area is 191 Å². The number of carbonyl (C=O) groups is 2. The van der Waals surface area contributed by atoms with Crippen molar-refractivity contribution in [2.45, 2.75) is 19.1 Å². The van der Waals surface area contributed by atoms with E-state index >= 15 is 0 Å². The summed E-state index contributed by atoms with van der Waals surface area (Å²) in [5.74, 6) is -3.31. The second-order valence-electron chi connectivity index (χ2n) is 7.22. The number of aromatic nitrogens is 2. The fourth-order valence-corrected chi connectivity index (χ4v) is 3.23. The Morgan fingerprint density at radius 1 is 0.971 bits per heavy atom. The van der Waals surface area contributed by atoms with Gasteiger partial charge >= 0.3 is 6.18 Å². The van der Waals surface area contributed by atoms with Gasteiger partial charge in [-0.25, -0.2) is 9.37 Å². The standard InChI is InChI=1S/C22H18FN3O.C2HF3O2/c23-18-7-5-16(6-8-18)14-26-15-17(20-3-1-2-4-21(20)26)13-22(27)25-19-9-11-24-12-10-19;3-2(4,5)1(6)7/h1-12,15H,13-14H2,(H,24,25,27);(H,6,7). The number of aliphatic carboxylic acids is 1. The maximum absolute atomic E-state index is 13.2. The van der Waals surface area contributed by atoms with Crippen LogP contribution >= 0.6 is 0 Å². The lowest BCUT2D eigenvalue weighted by Gasteiger charge is -2.05. The third kappa shape index (κ3) is 6.64. The quantitative estimate of drug-likeness (QED) is 0.452. The summed E-state index contributed by atoms with van der Waals surface area (Å²) in [5, 5.41) is 12.7. The van der Waals surface area contributed by atoms with E-state index < -0.39 is 12.1 Å². The van der Waals surface area contributed by atoms with Gasteiger partial charge in [-0.3, -0.25) is 4.79 Å². The molecule has 0 radical (unpaired) electrons. The monoisotopic (exact) mass is 473 g/mol. The van der Waals surface area contributed by atoms with Crippen LogP contribution in [0.25, 0.3) is 10.9 Å². The normalized spacial score (nSPS) is 10.9. The first-order valence-corrected chi connectivity index (χ1v) is 9.99. The molecule has 0 atom stereocenters. The van der Waals surface area contributed by atoms with E-state index in [1.165, 1.54) is 12.1 Å². The van der Waals surface area contributed by atoms with Crippen molar-refractivity contribution in [3.8, 4) is 0 Å². The van der Waals surface area contributed by atoms with E-state index in [9.17, 15) is 22.4 Å². The molecule has 1 amide bonds. The molecule has 0 saturated carbocycles. The molecular weight excluding hydrogens is 454 g/mol. The van der Waals surface area contributed by atoms with E-state index in [4.69, 9.17) is 9.90 Å². The Morgan fingerprint density at radius 3 is 2.21 bits per heavy atom. The molecule has 176 valence electrons. The van der Waals surface area contributed by atoms with Gasteiger partial charge in [-0.2, -0.15) is 13.2 Å². The molecule has 34 heavy (non-hydrogen) atoms. The van der Waals surface area contributed by atoms with Gasteiger partial charge in [-0.15, -0.1) is 0 Å². The first-order valence-electron chi connectivity index (χ1n) is 9.99. The summed E-state index contributed by atoms with van der Waals surface area (Å²) in [6, 6.07) is 18.1. The molecule has 2 heterocycles. The van der Waals surface area contributed by atoms with Gasteiger partial charge in [0.25, 0.3) is 0 Å². The van der Waals surface area contributed by atoms with E-state index in [2.05, 4.69) is 14.9 Å². The van der Waals surface area contributed by atoms with Crippen molar-refractivity contribution < 1.29 is 37.2 Å². The van der Waals surface area contributed by atoms with Gasteiger partial charge < -0.3 is 19.8 Å². The predicted octanol–water partition coefficient (Wildman–Crippen LogP) is 3.12. The number of carbonyl (C=O) groups excluding carboxylic acids is 2. The van der Waals surface area contributed by atoms with Crippen LogP contribution in [0.5, 0.6) is 0 Å². The van der Waals surface area contributed by atoms with Gasteiger partial charge in [0.1, 0.15) is 11.8 Å². The van der Waals surface area contributed by atoms with Gasteiger partial charge in [-0.1, -0.05) is 30.3 Å². The number of nitrogens with zero attached hydrogens (tertiary/aromatic N) is 1. The number of benzene rings is 2. The van der Waals surface area contributed by atoms with Crippen molar-refractivity contribution in [3.05, 3.63) is 96.2 Å². The van der Waals surface area contributed by atoms with Crippen LogP contribution in [0.4, 0.5) is 23.2 Å². The molecule has 0 aliphatic heterocycles. The molecule has 0 aliphatic carbocycles. The lowest BCUT2D eigenvalue weighted by Crippen LogP contribution is -2.37. The summed E-state index contributed by atoms with van der Waals surface area (Å²) in [4.78, 5) is 24.2. The third-order valence-corrected chi connectivity index (χ3v) is 4.72. The summed E-state index contributed by atoms with van der Waals surface area (Å²) < 4.78 is 46.8. The Bertz CT molecular complexity index is 1270. The largest absolute Gasteiger partial charge is 0.542 e. The van der Waals surface area contributed by atoms with Crippen LogP contribution in [0.1, 0.15) is 11.1 Å². The number of aromatic amines is 1. The van der Waals surface area contributed by atoms with E-state index in [1.54, 1.807) is 24.5 Å². The number of carboxylic acid groups (broad SMARTS) is 1. The average molecular weight is 473 g/mol. The minimum absolute atomic E-state index is 0.0640. The summed E-state index contributed by atoms with van der Waals surface area (Å²) in [6.45, 7) is 0.622. The van der Waals surface area contributed by atoms with Crippen LogP contribution in [0, 0.1) is 5.82 Å². The number of para-hydroxylation sites is 1. The molecular formula is C24H19F4N3O3. The highest BCUT2D eigenvalue weighted by Crippen LogP contribution is 2.23. The fraction of sp³-hybridized carbons (Fsp3) is 0.125. The smallest absolute Gasteiger partial charge is 0.430 e. The number of amides is 1. The van der Waals surface area contributed by atoms with Crippen molar-refractivity contribution in [1.29, 1.82) is 0 Å². The molecule has 0 saturated heterocycles. The van der Waals surface area contributed by atoms with Crippen LogP contribution < -0.4 is 15.4 Å². The van der Waals surface area contributed by atoms with Gasteiger partial charge in [0.15, 0.2) is 12.4 Å². The first kappa shape index (κ1) is 24.4. The van der Waals surface area contributed by atoms with Crippen molar-refractivity contribution in [2.75, 3.05) is 5.32 Å². The zero-order valence-electron chi connectivity index (χ0n) is 17.6. The van der Waals surface area contributed by atoms with Gasteiger partial charge in [0, 0.05) is 35.8 Å². The molecule has 2 aromatic heterocycles. The van der Waals surface area contributed by atoms with Crippen LogP contribution in [0.3, 0.4) is 0 Å². The number of rotatable bonds is 5. The van der Waals surface area contributed by atoms with Crippen molar-refractivity contribution >= 4 is 28.5 Å². The number of H-pyrrole nitrogens is 1. The third-order valence-electron chi connectivity index (χ3n) is 4.72. The number of nitrogens with one attached hydrogen (secondary N) is 2. The van der Waals surface area contributed by atoms with Crippen molar-refractivity contribution in [3.63, 3.8) is 0 Å². The molecule has 2 N–H and O–H groups in total. The van der Waals surface area contributed by atoms with Gasteiger partial charge in [0.2, 0.25) is 5.91 Å². The van der Waals surface area contributed by atoms with Crippen LogP contribution in [0.2, 0.25) is 0 Å². The molecule has 2 aromatic carbocycles. The maximum Gasteiger partial charge on any atom is 0.430 e. The van der Waals surface area contributed by atoms with E-state index in [1.807, 2.05) is 42.6 Å². The second-order valence-corrected chi connectivity index (χ2v) is 7.22. The maximum atomic E-state index is 13.2. The highest BCUT2D eigenvalue weighted by molar-refractivity contribution is 5.95. The topological polar surface area (TPSA) is 88.3 Å². The number of anilines is 1. The second kappa shape index (κ2) is 10.6. The number of carboxylic acids is 1. The Balaban J connectivity index is 0.000000406. The number of pyridine rings is 1. The summed E-state index contributed by atoms with van der Waals surface area (Å²) in [7, 11) is 0. The zero-order chi connectivity index (χ0) is 24.7. The molecule has 0 unspecified atom stereocenters. The molecule has 4 rings (SSSR count). The number of halogens is 4. The number of alkyl halides is 3. The molecule has 10 heteroatoms. The molecule has 0 aliphatic rings. The summed E-state index contributed by atoms with van der Waals surface area (Å²) >= 11 is 0. The molecule has 4 aromatic rings. The average Bonchev–Trinajstić information content (AvgIpc) is 3.13. The Morgan fingerprint density at radius 2 is 1.59 bits per heavy atom. The lowest BCUT2D eigenvalue weighted by molar-refractivity contribution is -0.377. The van der Waals surface area contributed by atoms with Gasteiger partial charge in [-0.05, 0) is 29.3 Å². The lowest BCUT2D eigenvalue weighted by atomic mass is 10.1. The van der Waals surface area contributed by atoms with Crippen LogP contribution in [-0.2, 0) is 22.6 Å². The van der Waals surface area contributed by atoms with E-state index in [0.29, 0.717) is 6.54 Å². The Hall–Kier alpha value is -4.21. The minimum Gasteiger partial charge on any atom is -0.542 e. The first-order chi connectivity index (χ1) is 16.1. The number of hydrogen-bond acceptors (Lipinski definition) is 3. The van der Waals surface area contributed by atoms with Crippen molar-refractivity contribution in [1.82, 2.24) is 4.57 Å². The summed E-state index contributed by atoms with van der Waals surface area (Å²) in [5.41, 5.74) is 3.79. The highest BCUT2D eigenvalue weighted by Gasteiger charge is 2.28. The van der Waals surface area contributed by atoms with E-state index in [0.717, 1.165) is 27.7 Å². The van der Waals surface area contributed by atoms with Gasteiger partial charge in [0.05, 0.1) is 12.1 Å². The molecule has 6 nitrogen and oxygen atoms in total. The van der Waals surface area contributed by atoms with Crippen LogP contribution in [-0.4, -0.2) is 22.6 Å². The predicted molar refractivity (Wildman–Crippen MR) is 114 cm³/mol. The minimum atomic E-state index is -5.19. The van der Waals surface area contributed by atoms with Crippen molar-refractivity contribution in [2.24, 2.45) is 0 Å². The highest BCUT2D eigenvalue weighted by atomic mass is 19.4. The van der Waals surface area contributed by atoms with Crippen LogP contribution in [0.15, 0.2) is 79.3 Å². The number of hydrogen-bond donors (Lipinski definition) is 1. The molecule has 0 bridgehead atoms. The summed E-state index contributed by atoms with van der Waals surface area (Å²) in [6.07, 6.45) is 0.635. The molecule has 0 spiro atoms. The SMILES string of the molecule is O=C(Cc1cn(Cc2ccc(F)cc2)c2ccccc12)Nc1cc[nH+]cc1.O=C([O-])C(F)(F)F. The zero-order valence-corrected chi connectivity index (χ0v) is 17.6. The Kier molecular flexibility index (Phi) is 7.62.